The summed E-state index contributed by atoms with van der Waals surface area (Å²) in [5.74, 6) is -0.213. The molecule has 3 aromatic rings. The molecule has 0 atom stereocenters. The number of hydrogen-bond donors (Lipinski definition) is 1. The minimum absolute atomic E-state index is 0.213. The van der Waals surface area contributed by atoms with Gasteiger partial charge in [-0.25, -0.2) is 0 Å². The lowest BCUT2D eigenvalue weighted by Gasteiger charge is -2.07. The van der Waals surface area contributed by atoms with Crippen LogP contribution in [0.3, 0.4) is 0 Å². The second kappa shape index (κ2) is 5.84. The first kappa shape index (κ1) is 14.0. The summed E-state index contributed by atoms with van der Waals surface area (Å²) in [6.45, 7) is 0. The van der Waals surface area contributed by atoms with Crippen LogP contribution in [0.2, 0.25) is 5.02 Å². The fourth-order valence-electron chi connectivity index (χ4n) is 2.02. The average Bonchev–Trinajstić information content (AvgIpc) is 2.49. The number of anilines is 1. The summed E-state index contributed by atoms with van der Waals surface area (Å²) in [4.78, 5) is 16.2. The fourth-order valence-corrected chi connectivity index (χ4v) is 2.55. The highest BCUT2D eigenvalue weighted by molar-refractivity contribution is 9.10. The molecule has 0 unspecified atom stereocenters. The van der Waals surface area contributed by atoms with E-state index in [1.54, 1.807) is 18.3 Å². The first-order valence-corrected chi connectivity index (χ1v) is 7.41. The number of nitrogens with zero attached hydrogens (tertiary/aromatic N) is 1. The molecule has 0 saturated carbocycles. The molecule has 2 aromatic carbocycles. The minimum atomic E-state index is -0.213. The van der Waals surface area contributed by atoms with Crippen molar-refractivity contribution in [2.45, 2.75) is 0 Å². The zero-order valence-corrected chi connectivity index (χ0v) is 13.1. The topological polar surface area (TPSA) is 42.0 Å². The lowest BCUT2D eigenvalue weighted by atomic mass is 10.1. The maximum atomic E-state index is 12.3. The van der Waals surface area contributed by atoms with Crippen LogP contribution in [0.1, 0.15) is 10.4 Å². The summed E-state index contributed by atoms with van der Waals surface area (Å²) in [6.07, 6.45) is 3.10. The van der Waals surface area contributed by atoms with Crippen molar-refractivity contribution in [3.63, 3.8) is 0 Å². The molecule has 0 aliphatic heterocycles. The second-order valence-electron chi connectivity index (χ2n) is 4.52. The van der Waals surface area contributed by atoms with Crippen molar-refractivity contribution < 1.29 is 4.79 Å². The number of hydrogen-bond acceptors (Lipinski definition) is 2. The van der Waals surface area contributed by atoms with Crippen LogP contribution >= 0.6 is 27.5 Å². The van der Waals surface area contributed by atoms with Gasteiger partial charge in [0.25, 0.3) is 5.91 Å². The Labute approximate surface area is 135 Å². The van der Waals surface area contributed by atoms with Crippen molar-refractivity contribution in [3.05, 3.63) is 69.9 Å². The Morgan fingerprint density at radius 2 is 1.86 bits per heavy atom. The number of nitrogens with one attached hydrogen (secondary N) is 1. The fraction of sp³-hybridized carbons (Fsp3) is 0. The van der Waals surface area contributed by atoms with E-state index in [1.807, 2.05) is 30.3 Å². The van der Waals surface area contributed by atoms with Gasteiger partial charge in [-0.1, -0.05) is 39.7 Å². The molecule has 1 heterocycles. The molecule has 5 heteroatoms. The van der Waals surface area contributed by atoms with Gasteiger partial charge in [0.15, 0.2) is 0 Å². The van der Waals surface area contributed by atoms with E-state index in [-0.39, 0.29) is 5.91 Å². The van der Waals surface area contributed by atoms with Crippen LogP contribution in [0.25, 0.3) is 10.8 Å². The number of rotatable bonds is 2. The van der Waals surface area contributed by atoms with Gasteiger partial charge >= 0.3 is 0 Å². The van der Waals surface area contributed by atoms with Gasteiger partial charge in [0, 0.05) is 16.2 Å². The molecule has 3 rings (SSSR count). The third kappa shape index (κ3) is 3.06. The van der Waals surface area contributed by atoms with Gasteiger partial charge < -0.3 is 5.32 Å². The number of carbonyl (C=O) groups is 1. The summed E-state index contributed by atoms with van der Waals surface area (Å²) in [6, 6.07) is 13.1. The first-order valence-electron chi connectivity index (χ1n) is 6.24. The summed E-state index contributed by atoms with van der Waals surface area (Å²) in [5, 5.41) is 5.29. The largest absolute Gasteiger partial charge is 0.319 e. The van der Waals surface area contributed by atoms with Crippen molar-refractivity contribution in [2.24, 2.45) is 0 Å². The van der Waals surface area contributed by atoms with Gasteiger partial charge in [0.2, 0.25) is 0 Å². The standard InChI is InChI=1S/C16H10BrClN2O/c17-13-4-3-10-7-12(2-1-11(10)8-13)16(21)20-15-9-19-6-5-14(15)18/h1-9H,(H,20,21). The molecule has 1 N–H and O–H groups in total. The number of halogens is 2. The number of amides is 1. The van der Waals surface area contributed by atoms with E-state index in [4.69, 9.17) is 11.6 Å². The number of pyridine rings is 1. The molecule has 0 aliphatic carbocycles. The van der Waals surface area contributed by atoms with E-state index in [9.17, 15) is 4.79 Å². The van der Waals surface area contributed by atoms with Crippen LogP contribution in [0.15, 0.2) is 59.3 Å². The molecular weight excluding hydrogens is 352 g/mol. The molecule has 0 bridgehead atoms. The molecule has 0 fully saturated rings. The Morgan fingerprint density at radius 1 is 1.10 bits per heavy atom. The van der Waals surface area contributed by atoms with Crippen LogP contribution in [0, 0.1) is 0 Å². The Kier molecular flexibility index (Phi) is 3.90. The SMILES string of the molecule is O=C(Nc1cnccc1Cl)c1ccc2cc(Br)ccc2c1. The van der Waals surface area contributed by atoms with Crippen molar-refractivity contribution in [1.29, 1.82) is 0 Å². The zero-order chi connectivity index (χ0) is 14.8. The highest BCUT2D eigenvalue weighted by Crippen LogP contribution is 2.23. The summed E-state index contributed by atoms with van der Waals surface area (Å²) >= 11 is 9.44. The van der Waals surface area contributed by atoms with Gasteiger partial charge in [-0.2, -0.15) is 0 Å². The second-order valence-corrected chi connectivity index (χ2v) is 5.84. The van der Waals surface area contributed by atoms with Gasteiger partial charge in [-0.05, 0) is 41.1 Å². The molecule has 0 aliphatic rings. The molecule has 104 valence electrons. The molecule has 1 amide bonds. The number of fused-ring (bicyclic) bond motifs is 1. The Balaban J connectivity index is 1.91. The Morgan fingerprint density at radius 3 is 2.67 bits per heavy atom. The van der Waals surface area contributed by atoms with E-state index >= 15 is 0 Å². The number of aromatic nitrogens is 1. The van der Waals surface area contributed by atoms with Crippen LogP contribution in [0.4, 0.5) is 5.69 Å². The van der Waals surface area contributed by atoms with Gasteiger partial charge in [-0.15, -0.1) is 0 Å². The van der Waals surface area contributed by atoms with Crippen LogP contribution in [-0.4, -0.2) is 10.9 Å². The molecular formula is C16H10BrClN2O. The summed E-state index contributed by atoms with van der Waals surface area (Å²) in [5.41, 5.74) is 1.07. The van der Waals surface area contributed by atoms with Crippen LogP contribution in [-0.2, 0) is 0 Å². The molecule has 3 nitrogen and oxygen atoms in total. The quantitative estimate of drug-likeness (QED) is 0.705. The molecule has 1 aromatic heterocycles. The van der Waals surface area contributed by atoms with Crippen LogP contribution in [0.5, 0.6) is 0 Å². The van der Waals surface area contributed by atoms with Crippen molar-refractivity contribution >= 4 is 49.9 Å². The molecule has 0 spiro atoms. The predicted octanol–water partition coefficient (Wildman–Crippen LogP) is 4.90. The summed E-state index contributed by atoms with van der Waals surface area (Å²) in [7, 11) is 0. The Hall–Kier alpha value is -1.91. The van der Waals surface area contributed by atoms with E-state index in [0.29, 0.717) is 16.3 Å². The van der Waals surface area contributed by atoms with E-state index < -0.39 is 0 Å². The predicted molar refractivity (Wildman–Crippen MR) is 88.8 cm³/mol. The van der Waals surface area contributed by atoms with Crippen molar-refractivity contribution in [3.8, 4) is 0 Å². The maximum absolute atomic E-state index is 12.3. The van der Waals surface area contributed by atoms with Gasteiger partial charge in [0.1, 0.15) is 0 Å². The molecule has 0 radical (unpaired) electrons. The van der Waals surface area contributed by atoms with E-state index in [1.165, 1.54) is 6.20 Å². The summed E-state index contributed by atoms with van der Waals surface area (Å²) < 4.78 is 1.01. The zero-order valence-electron chi connectivity index (χ0n) is 10.8. The van der Waals surface area contributed by atoms with Crippen molar-refractivity contribution in [2.75, 3.05) is 5.32 Å². The lowest BCUT2D eigenvalue weighted by molar-refractivity contribution is 0.102. The van der Waals surface area contributed by atoms with Gasteiger partial charge in [-0.3, -0.25) is 9.78 Å². The third-order valence-electron chi connectivity index (χ3n) is 3.08. The normalized spacial score (nSPS) is 10.6. The first-order chi connectivity index (χ1) is 10.1. The third-order valence-corrected chi connectivity index (χ3v) is 3.90. The number of carbonyl (C=O) groups excluding carboxylic acids is 1. The highest BCUT2D eigenvalue weighted by Gasteiger charge is 2.09. The maximum Gasteiger partial charge on any atom is 0.255 e. The monoisotopic (exact) mass is 360 g/mol. The Bertz CT molecular complexity index is 835. The molecule has 21 heavy (non-hydrogen) atoms. The van der Waals surface area contributed by atoms with Gasteiger partial charge in [0.05, 0.1) is 16.9 Å². The lowest BCUT2D eigenvalue weighted by Crippen LogP contribution is -2.12. The van der Waals surface area contributed by atoms with E-state index in [0.717, 1.165) is 15.2 Å². The smallest absolute Gasteiger partial charge is 0.255 e. The van der Waals surface area contributed by atoms with Crippen molar-refractivity contribution in [1.82, 2.24) is 4.98 Å². The average molecular weight is 362 g/mol. The number of benzene rings is 2. The van der Waals surface area contributed by atoms with E-state index in [2.05, 4.69) is 26.2 Å². The van der Waals surface area contributed by atoms with Crippen LogP contribution < -0.4 is 5.32 Å². The molecule has 0 saturated heterocycles. The highest BCUT2D eigenvalue weighted by atomic mass is 79.9. The minimum Gasteiger partial charge on any atom is -0.319 e.